The van der Waals surface area contributed by atoms with Gasteiger partial charge >= 0.3 is 0 Å². The van der Waals surface area contributed by atoms with Crippen molar-refractivity contribution >= 4 is 30.0 Å². The van der Waals surface area contributed by atoms with Crippen LogP contribution in [0.4, 0.5) is 0 Å². The molecule has 0 radical (unpaired) electrons. The number of aliphatic imine (C=N–C) groups is 1. The van der Waals surface area contributed by atoms with Crippen molar-refractivity contribution in [2.75, 3.05) is 13.1 Å². The average Bonchev–Trinajstić information content (AvgIpc) is 2.67. The molecule has 0 aliphatic heterocycles. The fourth-order valence-corrected chi connectivity index (χ4v) is 2.45. The molecule has 3 atom stereocenters. The molecule has 12 heteroatoms. The second kappa shape index (κ2) is 15.2. The van der Waals surface area contributed by atoms with Crippen molar-refractivity contribution in [3.63, 3.8) is 0 Å². The van der Waals surface area contributed by atoms with Gasteiger partial charge in [0.05, 0.1) is 12.1 Å². The number of nitrogens with two attached hydrogens (primary N) is 5. The molecule has 3 amide bonds. The average molecular weight is 415 g/mol. The predicted molar refractivity (Wildman–Crippen MR) is 109 cm³/mol. The van der Waals surface area contributed by atoms with Crippen molar-refractivity contribution < 1.29 is 19.2 Å². The van der Waals surface area contributed by atoms with E-state index in [-0.39, 0.29) is 18.8 Å². The summed E-state index contributed by atoms with van der Waals surface area (Å²) in [4.78, 5) is 50.7. The molecule has 0 bridgehead atoms. The number of nitrogens with zero attached hydrogens (tertiary/aromatic N) is 1. The number of aldehydes is 1. The minimum Gasteiger partial charge on any atom is -0.370 e. The van der Waals surface area contributed by atoms with E-state index >= 15 is 0 Å². The van der Waals surface area contributed by atoms with Crippen LogP contribution in [0.2, 0.25) is 0 Å². The molecule has 0 aliphatic rings. The van der Waals surface area contributed by atoms with E-state index in [1.54, 1.807) is 0 Å². The maximum Gasteiger partial charge on any atom is 0.243 e. The first-order valence-corrected chi connectivity index (χ1v) is 9.56. The van der Waals surface area contributed by atoms with Crippen LogP contribution in [-0.4, -0.2) is 61.2 Å². The zero-order valence-corrected chi connectivity index (χ0v) is 16.6. The Hall–Kier alpha value is -2.73. The number of guanidine groups is 1. The highest BCUT2D eigenvalue weighted by molar-refractivity contribution is 5.91. The lowest BCUT2D eigenvalue weighted by Crippen LogP contribution is -2.53. The first-order valence-electron chi connectivity index (χ1n) is 9.56. The maximum atomic E-state index is 12.6. The molecular formula is C17H34N8O4. The van der Waals surface area contributed by atoms with Crippen LogP contribution in [-0.2, 0) is 19.2 Å². The van der Waals surface area contributed by atoms with Crippen molar-refractivity contribution in [1.29, 1.82) is 0 Å². The fraction of sp³-hybridized carbons (Fsp3) is 0.706. The highest BCUT2D eigenvalue weighted by atomic mass is 16.2. The lowest BCUT2D eigenvalue weighted by molar-refractivity contribution is -0.131. The Morgan fingerprint density at radius 1 is 0.931 bits per heavy atom. The molecule has 0 heterocycles. The quantitative estimate of drug-likeness (QED) is 0.0590. The monoisotopic (exact) mass is 414 g/mol. The number of hydrogen-bond donors (Lipinski definition) is 7. The third-order valence-corrected chi connectivity index (χ3v) is 4.08. The van der Waals surface area contributed by atoms with Crippen molar-refractivity contribution in [2.45, 2.75) is 63.1 Å². The Labute approximate surface area is 170 Å². The van der Waals surface area contributed by atoms with Gasteiger partial charge in [0, 0.05) is 13.0 Å². The van der Waals surface area contributed by atoms with Crippen LogP contribution >= 0.6 is 0 Å². The molecule has 12 nitrogen and oxygen atoms in total. The molecule has 29 heavy (non-hydrogen) atoms. The Morgan fingerprint density at radius 3 is 2.17 bits per heavy atom. The lowest BCUT2D eigenvalue weighted by Gasteiger charge is -2.22. The van der Waals surface area contributed by atoms with Gasteiger partial charge in [-0.15, -0.1) is 0 Å². The summed E-state index contributed by atoms with van der Waals surface area (Å²) in [5.41, 5.74) is 26.7. The zero-order chi connectivity index (χ0) is 22.2. The number of carbonyl (C=O) groups is 4. The van der Waals surface area contributed by atoms with E-state index in [1.807, 2.05) is 0 Å². The van der Waals surface area contributed by atoms with E-state index in [0.717, 1.165) is 0 Å². The molecule has 0 unspecified atom stereocenters. The van der Waals surface area contributed by atoms with Gasteiger partial charge in [0.15, 0.2) is 5.96 Å². The second-order valence-corrected chi connectivity index (χ2v) is 6.66. The molecule has 0 aromatic rings. The molecule has 0 aromatic heterocycles. The summed E-state index contributed by atoms with van der Waals surface area (Å²) < 4.78 is 0. The molecule has 0 rings (SSSR count). The van der Waals surface area contributed by atoms with Gasteiger partial charge < -0.3 is 44.1 Å². The third-order valence-electron chi connectivity index (χ3n) is 4.08. The number of unbranched alkanes of at least 4 members (excludes halogenated alkanes) is 1. The minimum atomic E-state index is -0.978. The number of rotatable bonds is 16. The highest BCUT2D eigenvalue weighted by Gasteiger charge is 2.25. The van der Waals surface area contributed by atoms with Crippen molar-refractivity contribution in [3.8, 4) is 0 Å². The van der Waals surface area contributed by atoms with Gasteiger partial charge in [-0.05, 0) is 45.1 Å². The van der Waals surface area contributed by atoms with Gasteiger partial charge in [-0.3, -0.25) is 19.4 Å². The summed E-state index contributed by atoms with van der Waals surface area (Å²) >= 11 is 0. The van der Waals surface area contributed by atoms with E-state index in [9.17, 15) is 19.2 Å². The van der Waals surface area contributed by atoms with Gasteiger partial charge in [0.2, 0.25) is 17.7 Å². The number of amides is 3. The van der Waals surface area contributed by atoms with Gasteiger partial charge in [-0.2, -0.15) is 0 Å². The number of hydrogen-bond acceptors (Lipinski definition) is 7. The topological polar surface area (TPSA) is 235 Å². The number of primary amides is 1. The number of carbonyl (C=O) groups excluding carboxylic acids is 4. The second-order valence-electron chi connectivity index (χ2n) is 6.66. The van der Waals surface area contributed by atoms with Crippen LogP contribution in [0.3, 0.4) is 0 Å². The van der Waals surface area contributed by atoms with Crippen LogP contribution in [0, 0.1) is 0 Å². The third kappa shape index (κ3) is 13.1. The summed E-state index contributed by atoms with van der Waals surface area (Å²) in [5, 5.41) is 5.17. The molecule has 0 aliphatic carbocycles. The summed E-state index contributed by atoms with van der Waals surface area (Å²) in [6.07, 6.45) is 3.07. The van der Waals surface area contributed by atoms with Crippen LogP contribution in [0.5, 0.6) is 0 Å². The number of nitrogens with one attached hydrogen (secondary N) is 2. The van der Waals surface area contributed by atoms with Gasteiger partial charge in [-0.1, -0.05) is 0 Å². The van der Waals surface area contributed by atoms with Crippen molar-refractivity contribution in [3.05, 3.63) is 0 Å². The molecule has 0 fully saturated rings. The van der Waals surface area contributed by atoms with E-state index < -0.39 is 35.8 Å². The van der Waals surface area contributed by atoms with Crippen LogP contribution < -0.4 is 39.3 Å². The smallest absolute Gasteiger partial charge is 0.243 e. The predicted octanol–water partition coefficient (Wildman–Crippen LogP) is -3.07. The van der Waals surface area contributed by atoms with Crippen LogP contribution in [0.25, 0.3) is 0 Å². The highest BCUT2D eigenvalue weighted by Crippen LogP contribution is 2.04. The minimum absolute atomic E-state index is 0.0400. The Bertz CT molecular complexity index is 566. The Balaban J connectivity index is 4.82. The molecule has 12 N–H and O–H groups in total. The zero-order valence-electron chi connectivity index (χ0n) is 16.6. The SMILES string of the molecule is NCCCC[C@H](NC(=O)[C@@H](N)CCC(N)=O)C(=O)N[C@H](C=O)CCCN=C(N)N. The van der Waals surface area contributed by atoms with Crippen LogP contribution in [0.1, 0.15) is 44.9 Å². The van der Waals surface area contributed by atoms with Gasteiger partial charge in [-0.25, -0.2) is 0 Å². The lowest BCUT2D eigenvalue weighted by atomic mass is 10.1. The first kappa shape index (κ1) is 26.3. The fourth-order valence-electron chi connectivity index (χ4n) is 2.45. The van der Waals surface area contributed by atoms with E-state index in [4.69, 9.17) is 28.7 Å². The normalized spacial score (nSPS) is 13.6. The Kier molecular flexibility index (Phi) is 13.8. The van der Waals surface area contributed by atoms with Crippen LogP contribution in [0.15, 0.2) is 4.99 Å². The summed E-state index contributed by atoms with van der Waals surface area (Å²) in [6.45, 7) is 0.774. The van der Waals surface area contributed by atoms with E-state index in [0.29, 0.717) is 51.5 Å². The summed E-state index contributed by atoms with van der Waals surface area (Å²) in [6, 6.07) is -2.60. The Morgan fingerprint density at radius 2 is 1.62 bits per heavy atom. The van der Waals surface area contributed by atoms with Gasteiger partial charge in [0.1, 0.15) is 12.3 Å². The van der Waals surface area contributed by atoms with E-state index in [2.05, 4.69) is 15.6 Å². The van der Waals surface area contributed by atoms with Crippen molar-refractivity contribution in [2.24, 2.45) is 33.7 Å². The van der Waals surface area contributed by atoms with E-state index in [1.165, 1.54) is 0 Å². The summed E-state index contributed by atoms with van der Waals surface area (Å²) in [5.74, 6) is -1.70. The molecule has 0 saturated carbocycles. The molecule has 0 aromatic carbocycles. The summed E-state index contributed by atoms with van der Waals surface area (Å²) in [7, 11) is 0. The van der Waals surface area contributed by atoms with Gasteiger partial charge in [0.25, 0.3) is 0 Å². The molecular weight excluding hydrogens is 380 g/mol. The first-order chi connectivity index (χ1) is 13.7. The maximum absolute atomic E-state index is 12.6. The van der Waals surface area contributed by atoms with Crippen molar-refractivity contribution in [1.82, 2.24) is 10.6 Å². The standard InChI is InChI=1S/C17H34N8O4/c18-8-2-1-5-13(25-15(28)12(19)6-7-14(20)27)16(29)24-11(10-26)4-3-9-23-17(21)22/h10-13H,1-9,18-19H2,(H2,20,27)(H,24,29)(H,25,28)(H4,21,22,23)/t11-,12-,13-/m0/s1. The molecule has 0 spiro atoms. The molecule has 0 saturated heterocycles. The largest absolute Gasteiger partial charge is 0.370 e. The molecule has 166 valence electrons.